The van der Waals surface area contributed by atoms with Crippen LogP contribution in [0.4, 0.5) is 0 Å². The van der Waals surface area contributed by atoms with E-state index in [0.717, 1.165) is 24.8 Å². The van der Waals surface area contributed by atoms with Crippen LogP contribution in [0.15, 0.2) is 11.4 Å². The van der Waals surface area contributed by atoms with Gasteiger partial charge in [0.25, 0.3) is 0 Å². The van der Waals surface area contributed by atoms with Crippen molar-refractivity contribution >= 4 is 34.8 Å². The van der Waals surface area contributed by atoms with Crippen molar-refractivity contribution in [1.82, 2.24) is 5.32 Å². The van der Waals surface area contributed by atoms with Crippen LogP contribution in [-0.2, 0) is 16.1 Å². The molecule has 108 valence electrons. The molecule has 0 atom stereocenters. The Morgan fingerprint density at radius 3 is 2.55 bits per heavy atom. The monoisotopic (exact) mass is 313 g/mol. The molecule has 2 fully saturated rings. The second kappa shape index (κ2) is 4.74. The number of amides is 1. The third-order valence-electron chi connectivity index (χ3n) is 4.69. The van der Waals surface area contributed by atoms with Crippen molar-refractivity contribution in [2.75, 3.05) is 0 Å². The molecule has 20 heavy (non-hydrogen) atoms. The molecule has 0 unspecified atom stereocenters. The van der Waals surface area contributed by atoms with Crippen molar-refractivity contribution in [2.24, 2.45) is 10.8 Å². The fraction of sp³-hybridized carbons (Fsp3) is 0.571. The molecule has 6 heteroatoms. The fourth-order valence-corrected chi connectivity index (χ4v) is 4.37. The van der Waals surface area contributed by atoms with Gasteiger partial charge in [-0.3, -0.25) is 9.59 Å². The van der Waals surface area contributed by atoms with Crippen LogP contribution in [0.3, 0.4) is 0 Å². The van der Waals surface area contributed by atoms with E-state index in [1.165, 1.54) is 11.3 Å². The van der Waals surface area contributed by atoms with Gasteiger partial charge in [0, 0.05) is 6.54 Å². The summed E-state index contributed by atoms with van der Waals surface area (Å²) < 4.78 is 0.666. The molecule has 2 aliphatic rings. The van der Waals surface area contributed by atoms with Crippen LogP contribution in [0.1, 0.15) is 37.7 Å². The van der Waals surface area contributed by atoms with E-state index in [4.69, 9.17) is 11.6 Å². The molecule has 2 aliphatic carbocycles. The van der Waals surface area contributed by atoms with Gasteiger partial charge < -0.3 is 10.4 Å². The number of carbonyl (C=O) groups excluding carboxylic acids is 1. The predicted octanol–water partition coefficient (Wildman–Crippen LogP) is 3.05. The van der Waals surface area contributed by atoms with Gasteiger partial charge in [0.1, 0.15) is 5.41 Å². The van der Waals surface area contributed by atoms with E-state index in [-0.39, 0.29) is 11.3 Å². The normalized spacial score (nSPS) is 21.9. The smallest absolute Gasteiger partial charge is 0.319 e. The molecule has 2 saturated carbocycles. The van der Waals surface area contributed by atoms with Gasteiger partial charge in [0.15, 0.2) is 0 Å². The Balaban J connectivity index is 1.63. The van der Waals surface area contributed by atoms with Crippen molar-refractivity contribution in [3.63, 3.8) is 0 Å². The maximum atomic E-state index is 12.3. The van der Waals surface area contributed by atoms with Gasteiger partial charge in [0.05, 0.1) is 4.34 Å². The molecular weight excluding hydrogens is 298 g/mol. The molecule has 0 bridgehead atoms. The quantitative estimate of drug-likeness (QED) is 0.840. The van der Waals surface area contributed by atoms with E-state index in [1.807, 2.05) is 5.38 Å². The zero-order valence-electron chi connectivity index (χ0n) is 10.9. The molecule has 1 heterocycles. The maximum Gasteiger partial charge on any atom is 0.319 e. The molecule has 1 aromatic rings. The van der Waals surface area contributed by atoms with Gasteiger partial charge in [-0.15, -0.1) is 11.3 Å². The minimum absolute atomic E-state index is 0.140. The summed E-state index contributed by atoms with van der Waals surface area (Å²) in [5.41, 5.74) is -0.159. The largest absolute Gasteiger partial charge is 0.480 e. The highest BCUT2D eigenvalue weighted by atomic mass is 35.5. The number of rotatable bonds is 4. The minimum atomic E-state index is -1.21. The van der Waals surface area contributed by atoms with E-state index in [9.17, 15) is 14.7 Å². The zero-order valence-corrected chi connectivity index (χ0v) is 12.5. The van der Waals surface area contributed by atoms with Gasteiger partial charge in [-0.25, -0.2) is 0 Å². The van der Waals surface area contributed by atoms with Gasteiger partial charge in [-0.1, -0.05) is 18.0 Å². The van der Waals surface area contributed by atoms with Crippen molar-refractivity contribution < 1.29 is 14.7 Å². The van der Waals surface area contributed by atoms with Gasteiger partial charge in [0.2, 0.25) is 5.91 Å². The highest BCUT2D eigenvalue weighted by Gasteiger charge is 2.64. The highest BCUT2D eigenvalue weighted by Crippen LogP contribution is 2.64. The topological polar surface area (TPSA) is 66.4 Å². The maximum absolute atomic E-state index is 12.3. The van der Waals surface area contributed by atoms with Gasteiger partial charge >= 0.3 is 5.97 Å². The summed E-state index contributed by atoms with van der Waals surface area (Å²) in [7, 11) is 0. The highest BCUT2D eigenvalue weighted by molar-refractivity contribution is 7.14. The molecule has 3 rings (SSSR count). The number of aliphatic carboxylic acids is 1. The molecule has 2 N–H and O–H groups in total. The van der Waals surface area contributed by atoms with Crippen LogP contribution in [0.5, 0.6) is 0 Å². The first-order chi connectivity index (χ1) is 9.46. The molecule has 1 aromatic heterocycles. The van der Waals surface area contributed by atoms with Gasteiger partial charge in [-0.05, 0) is 48.1 Å². The minimum Gasteiger partial charge on any atom is -0.480 e. The Morgan fingerprint density at radius 1 is 1.40 bits per heavy atom. The summed E-state index contributed by atoms with van der Waals surface area (Å²) >= 11 is 7.23. The molecule has 4 nitrogen and oxygen atoms in total. The first kappa shape index (κ1) is 13.9. The molecule has 0 radical (unpaired) electrons. The molecule has 1 amide bonds. The third-order valence-corrected chi connectivity index (χ3v) is 5.83. The summed E-state index contributed by atoms with van der Waals surface area (Å²) in [5, 5.41) is 14.0. The van der Waals surface area contributed by atoms with E-state index in [1.54, 1.807) is 6.07 Å². The lowest BCUT2D eigenvalue weighted by atomic mass is 9.45. The number of nitrogens with one attached hydrogen (secondary N) is 1. The summed E-state index contributed by atoms with van der Waals surface area (Å²) in [6, 6.07) is 1.79. The Labute approximate surface area is 126 Å². The molecule has 0 saturated heterocycles. The number of halogens is 1. The van der Waals surface area contributed by atoms with Gasteiger partial charge in [-0.2, -0.15) is 0 Å². The number of hydrogen-bond acceptors (Lipinski definition) is 3. The lowest BCUT2D eigenvalue weighted by Crippen LogP contribution is -2.61. The van der Waals surface area contributed by atoms with Crippen molar-refractivity contribution in [3.05, 3.63) is 21.3 Å². The summed E-state index contributed by atoms with van der Waals surface area (Å²) in [6.45, 7) is 0.337. The second-order valence-corrected chi connectivity index (χ2v) is 7.58. The first-order valence-corrected chi connectivity index (χ1v) is 7.96. The number of carboxylic acids is 1. The Hall–Kier alpha value is -1.07. The third kappa shape index (κ3) is 2.13. The van der Waals surface area contributed by atoms with Crippen molar-refractivity contribution in [2.45, 2.75) is 38.6 Å². The molecule has 0 aromatic carbocycles. The summed E-state index contributed by atoms with van der Waals surface area (Å²) in [6.07, 6.45) is 4.27. The first-order valence-electron chi connectivity index (χ1n) is 6.71. The SMILES string of the molecule is O=C(O)C1(C(=O)NCc2csc(Cl)c2)CC2(CCC2)C1. The average molecular weight is 314 g/mol. The second-order valence-electron chi connectivity index (χ2n) is 6.04. The molecule has 0 aliphatic heterocycles. The van der Waals surface area contributed by atoms with Crippen LogP contribution >= 0.6 is 22.9 Å². The fourth-order valence-electron chi connectivity index (χ4n) is 3.46. The lowest BCUT2D eigenvalue weighted by Gasteiger charge is -2.58. The van der Waals surface area contributed by atoms with Crippen molar-refractivity contribution in [1.29, 1.82) is 0 Å². The summed E-state index contributed by atoms with van der Waals surface area (Å²) in [4.78, 5) is 23.8. The molecular formula is C14H16ClNO3S. The van der Waals surface area contributed by atoms with E-state index in [0.29, 0.717) is 23.7 Å². The lowest BCUT2D eigenvalue weighted by molar-refractivity contribution is -0.181. The number of carboxylic acid groups (broad SMARTS) is 1. The van der Waals surface area contributed by atoms with Crippen molar-refractivity contribution in [3.8, 4) is 0 Å². The number of thiophene rings is 1. The van der Waals surface area contributed by atoms with Crippen LogP contribution in [0.25, 0.3) is 0 Å². The van der Waals surface area contributed by atoms with Crippen LogP contribution in [0, 0.1) is 10.8 Å². The van der Waals surface area contributed by atoms with E-state index in [2.05, 4.69) is 5.32 Å². The number of carbonyl (C=O) groups is 2. The van der Waals surface area contributed by atoms with Crippen LogP contribution < -0.4 is 5.32 Å². The van der Waals surface area contributed by atoms with E-state index >= 15 is 0 Å². The standard InChI is InChI=1S/C14H16ClNO3S/c15-10-4-9(6-20-10)5-16-11(17)14(12(18)19)7-13(8-14)2-1-3-13/h4,6H,1-3,5,7-8H2,(H,16,17)(H,18,19). The Kier molecular flexibility index (Phi) is 3.29. The molecule has 1 spiro atoms. The average Bonchev–Trinajstić information content (AvgIpc) is 2.69. The van der Waals surface area contributed by atoms with Crippen LogP contribution in [0.2, 0.25) is 4.34 Å². The summed E-state index contributed by atoms with van der Waals surface area (Å²) in [5.74, 6) is -1.35. The van der Waals surface area contributed by atoms with E-state index < -0.39 is 11.4 Å². The number of hydrogen-bond donors (Lipinski definition) is 2. The Morgan fingerprint density at radius 2 is 2.10 bits per heavy atom. The zero-order chi connectivity index (χ0) is 14.4. The van der Waals surface area contributed by atoms with Crippen LogP contribution in [-0.4, -0.2) is 17.0 Å². The Bertz CT molecular complexity index is 557. The predicted molar refractivity (Wildman–Crippen MR) is 76.8 cm³/mol.